The lowest BCUT2D eigenvalue weighted by Crippen LogP contribution is -2.65. The summed E-state index contributed by atoms with van der Waals surface area (Å²) in [6.07, 6.45) is 3.20. The number of rotatable bonds is 5. The van der Waals surface area contributed by atoms with E-state index in [2.05, 4.69) is 6.92 Å². The average Bonchev–Trinajstić information content (AvgIpc) is 3.06. The molecule has 0 N–H and O–H groups in total. The first kappa shape index (κ1) is 17.3. The Labute approximate surface area is 146 Å². The van der Waals surface area contributed by atoms with Crippen molar-refractivity contribution in [1.82, 2.24) is 9.80 Å². The molecule has 0 aromatic carbocycles. The quantitative estimate of drug-likeness (QED) is 0.568. The fraction of sp³-hybridized carbons (Fsp3) is 0.647. The largest absolute Gasteiger partial charge is 0.333 e. The molecule has 0 bridgehead atoms. The summed E-state index contributed by atoms with van der Waals surface area (Å²) in [7, 11) is 14.4. The van der Waals surface area contributed by atoms with Gasteiger partial charge in [-0.1, -0.05) is 13.3 Å². The molecule has 0 unspecified atom stereocenters. The van der Waals surface area contributed by atoms with Crippen LogP contribution in [-0.2, 0) is 5.34 Å². The SMILES string of the molecule is [B]C([B])(c1cccc(C(=O)N2CCCC2)[n+]1OC)N1CC(CC)C1. The second kappa shape index (κ2) is 6.79. The molecule has 3 rings (SSSR count). The zero-order valence-electron chi connectivity index (χ0n) is 14.6. The number of nitrogens with zero attached hydrogens (tertiary/aromatic N) is 3. The van der Waals surface area contributed by atoms with Crippen LogP contribution in [0.5, 0.6) is 0 Å². The topological polar surface area (TPSA) is 36.7 Å². The standard InChI is InChI=1S/C17H24B2N3O2/c1-3-13-11-21(12-13)17(18,19)15-8-6-7-14(22(15)24-2)16(23)20-9-4-5-10-20/h6-8,13H,3-5,9-12H2,1-2H3/q+1. The smallest absolute Gasteiger partial charge is 0.323 e. The number of hydrogen-bond donors (Lipinski definition) is 0. The first-order chi connectivity index (χ1) is 11.5. The summed E-state index contributed by atoms with van der Waals surface area (Å²) < 4.78 is 1.49. The highest BCUT2D eigenvalue weighted by molar-refractivity contribution is 6.39. The molecule has 1 aromatic heterocycles. The molecule has 2 fully saturated rings. The van der Waals surface area contributed by atoms with Crippen molar-refractivity contribution >= 4 is 21.6 Å². The maximum Gasteiger partial charge on any atom is 0.323 e. The molecule has 0 atom stereocenters. The number of aromatic nitrogens is 1. The van der Waals surface area contributed by atoms with E-state index >= 15 is 0 Å². The lowest BCUT2D eigenvalue weighted by molar-refractivity contribution is -0.893. The Hall–Kier alpha value is -1.49. The Balaban J connectivity index is 1.91. The van der Waals surface area contributed by atoms with E-state index in [1.807, 2.05) is 21.9 Å². The lowest BCUT2D eigenvalue weighted by Gasteiger charge is -2.48. The first-order valence-corrected chi connectivity index (χ1v) is 8.71. The molecule has 1 amide bonds. The summed E-state index contributed by atoms with van der Waals surface area (Å²) >= 11 is 0. The van der Waals surface area contributed by atoms with Gasteiger partial charge in [-0.05, 0) is 24.8 Å². The van der Waals surface area contributed by atoms with Crippen LogP contribution in [0.15, 0.2) is 18.2 Å². The Bertz CT molecular complexity index is 612. The molecule has 0 saturated carbocycles. The summed E-state index contributed by atoms with van der Waals surface area (Å²) in [6.45, 7) is 5.46. The van der Waals surface area contributed by atoms with Gasteiger partial charge in [0.1, 0.15) is 7.11 Å². The van der Waals surface area contributed by atoms with Crippen molar-refractivity contribution in [2.24, 2.45) is 5.92 Å². The lowest BCUT2D eigenvalue weighted by atomic mass is 9.57. The number of carbonyl (C=O) groups excluding carboxylic acids is 1. The van der Waals surface area contributed by atoms with Gasteiger partial charge in [0.2, 0.25) is 5.69 Å². The van der Waals surface area contributed by atoms with Crippen LogP contribution >= 0.6 is 0 Å². The van der Waals surface area contributed by atoms with Crippen LogP contribution in [0.4, 0.5) is 0 Å². The summed E-state index contributed by atoms with van der Waals surface area (Å²) in [4.78, 5) is 22.2. The first-order valence-electron chi connectivity index (χ1n) is 8.71. The molecule has 0 spiro atoms. The van der Waals surface area contributed by atoms with Gasteiger partial charge in [-0.3, -0.25) is 9.63 Å². The fourth-order valence-electron chi connectivity index (χ4n) is 3.52. The maximum absolute atomic E-state index is 12.8. The van der Waals surface area contributed by atoms with E-state index in [1.54, 1.807) is 6.07 Å². The predicted octanol–water partition coefficient (Wildman–Crippen LogP) is 0.0576. The average molecular weight is 324 g/mol. The van der Waals surface area contributed by atoms with E-state index in [0.717, 1.165) is 45.4 Å². The number of amides is 1. The third kappa shape index (κ3) is 2.94. The van der Waals surface area contributed by atoms with Crippen molar-refractivity contribution in [2.45, 2.75) is 31.5 Å². The minimum atomic E-state index is -1.16. The third-order valence-corrected chi connectivity index (χ3v) is 5.21. The van der Waals surface area contributed by atoms with Crippen LogP contribution in [0.1, 0.15) is 42.4 Å². The molecule has 124 valence electrons. The minimum Gasteiger partial charge on any atom is -0.333 e. The van der Waals surface area contributed by atoms with Crippen molar-refractivity contribution in [3.8, 4) is 0 Å². The molecule has 2 aliphatic heterocycles. The van der Waals surface area contributed by atoms with Gasteiger partial charge in [-0.25, -0.2) is 0 Å². The summed E-state index contributed by atoms with van der Waals surface area (Å²) in [5, 5.41) is -1.16. The zero-order chi connectivity index (χ0) is 17.3. The Morgan fingerprint density at radius 2 is 2.00 bits per heavy atom. The van der Waals surface area contributed by atoms with Crippen LogP contribution in [0.25, 0.3) is 0 Å². The molecular weight excluding hydrogens is 300 g/mol. The van der Waals surface area contributed by atoms with Crippen LogP contribution in [0.3, 0.4) is 0 Å². The maximum atomic E-state index is 12.8. The Morgan fingerprint density at radius 3 is 2.58 bits per heavy atom. The van der Waals surface area contributed by atoms with Crippen LogP contribution < -0.4 is 9.57 Å². The molecule has 7 heteroatoms. The van der Waals surface area contributed by atoms with Crippen molar-refractivity contribution in [3.05, 3.63) is 29.6 Å². The zero-order valence-corrected chi connectivity index (χ0v) is 14.6. The highest BCUT2D eigenvalue weighted by Gasteiger charge is 2.44. The highest BCUT2D eigenvalue weighted by atomic mass is 16.6. The third-order valence-electron chi connectivity index (χ3n) is 5.21. The number of hydrogen-bond acceptors (Lipinski definition) is 3. The molecule has 0 aliphatic carbocycles. The Morgan fingerprint density at radius 1 is 1.33 bits per heavy atom. The van der Waals surface area contributed by atoms with Crippen molar-refractivity contribution in [1.29, 1.82) is 0 Å². The summed E-state index contributed by atoms with van der Waals surface area (Å²) in [6, 6.07) is 5.40. The van der Waals surface area contributed by atoms with Gasteiger partial charge in [0, 0.05) is 48.4 Å². The number of likely N-dealkylation sites (tertiary alicyclic amines) is 2. The van der Waals surface area contributed by atoms with Crippen LogP contribution in [0, 0.1) is 5.92 Å². The van der Waals surface area contributed by atoms with E-state index in [1.165, 1.54) is 11.8 Å². The molecule has 5 nitrogen and oxygen atoms in total. The number of pyridine rings is 1. The molecule has 2 saturated heterocycles. The molecule has 24 heavy (non-hydrogen) atoms. The van der Waals surface area contributed by atoms with Crippen LogP contribution in [0.2, 0.25) is 0 Å². The second-order valence-corrected chi connectivity index (χ2v) is 6.78. The fourth-order valence-corrected chi connectivity index (χ4v) is 3.52. The van der Waals surface area contributed by atoms with E-state index in [4.69, 9.17) is 20.5 Å². The van der Waals surface area contributed by atoms with Gasteiger partial charge in [0.15, 0.2) is 0 Å². The number of carbonyl (C=O) groups is 1. The van der Waals surface area contributed by atoms with Gasteiger partial charge in [0.05, 0.1) is 15.7 Å². The predicted molar refractivity (Wildman–Crippen MR) is 92.8 cm³/mol. The van der Waals surface area contributed by atoms with Crippen molar-refractivity contribution in [2.75, 3.05) is 33.3 Å². The molecule has 1 aromatic rings. The van der Waals surface area contributed by atoms with Gasteiger partial charge in [-0.2, -0.15) is 0 Å². The van der Waals surface area contributed by atoms with E-state index in [9.17, 15) is 4.79 Å². The van der Waals surface area contributed by atoms with Gasteiger partial charge in [-0.15, -0.1) is 0 Å². The van der Waals surface area contributed by atoms with Gasteiger partial charge >= 0.3 is 11.6 Å². The van der Waals surface area contributed by atoms with Gasteiger partial charge < -0.3 is 9.80 Å². The molecule has 4 radical (unpaired) electrons. The Kier molecular flexibility index (Phi) is 4.90. The van der Waals surface area contributed by atoms with Gasteiger partial charge in [0.25, 0.3) is 0 Å². The molecule has 2 aliphatic rings. The summed E-state index contributed by atoms with van der Waals surface area (Å²) in [5.74, 6) is 0.587. The van der Waals surface area contributed by atoms with Crippen molar-refractivity contribution in [3.63, 3.8) is 0 Å². The van der Waals surface area contributed by atoms with E-state index in [0.29, 0.717) is 17.3 Å². The van der Waals surface area contributed by atoms with E-state index in [-0.39, 0.29) is 5.91 Å². The molecular formula is C17H24B2N3O2+. The van der Waals surface area contributed by atoms with Crippen molar-refractivity contribution < 1.29 is 14.4 Å². The molecule has 3 heterocycles. The second-order valence-electron chi connectivity index (χ2n) is 6.78. The van der Waals surface area contributed by atoms with E-state index < -0.39 is 5.34 Å². The normalized spacial score (nSPS) is 19.3. The minimum absolute atomic E-state index is 0.0398. The monoisotopic (exact) mass is 324 g/mol. The highest BCUT2D eigenvalue weighted by Crippen LogP contribution is 2.29. The van der Waals surface area contributed by atoms with Crippen LogP contribution in [-0.4, -0.2) is 64.7 Å². The summed E-state index contributed by atoms with van der Waals surface area (Å²) in [5.41, 5.74) is 1.05.